The second-order valence-electron chi connectivity index (χ2n) is 6.09. The highest BCUT2D eigenvalue weighted by Gasteiger charge is 2.27. The van der Waals surface area contributed by atoms with E-state index in [1.807, 2.05) is 0 Å². The Morgan fingerprint density at radius 2 is 2.04 bits per heavy atom. The molecule has 9 nitrogen and oxygen atoms in total. The minimum Gasteiger partial charge on any atom is -0.478 e. The molecule has 0 aromatic carbocycles. The van der Waals surface area contributed by atoms with Crippen LogP contribution in [-0.2, 0) is 0 Å². The number of amides is 1. The van der Waals surface area contributed by atoms with E-state index in [-0.39, 0.29) is 23.2 Å². The first-order chi connectivity index (χ1) is 12.6. The summed E-state index contributed by atoms with van der Waals surface area (Å²) < 4.78 is 12.1. The molecule has 9 heteroatoms. The summed E-state index contributed by atoms with van der Waals surface area (Å²) in [5.74, 6) is -0.270. The van der Waals surface area contributed by atoms with Gasteiger partial charge in [-0.25, -0.2) is 4.79 Å². The largest absolute Gasteiger partial charge is 0.478 e. The lowest BCUT2D eigenvalue weighted by Gasteiger charge is -2.31. The van der Waals surface area contributed by atoms with Gasteiger partial charge in [-0.3, -0.25) is 9.48 Å². The lowest BCUT2D eigenvalue weighted by Crippen LogP contribution is -2.39. The Balaban J connectivity index is 1.39. The second kappa shape index (κ2) is 6.51. The predicted octanol–water partition coefficient (Wildman–Crippen LogP) is 2.31. The van der Waals surface area contributed by atoms with Crippen LogP contribution in [0.2, 0.25) is 0 Å². The molecule has 0 bridgehead atoms. The zero-order chi connectivity index (χ0) is 18.1. The Bertz CT molecular complexity index is 919. The average Bonchev–Trinajstić information content (AvgIpc) is 3.42. The van der Waals surface area contributed by atoms with Gasteiger partial charge in [-0.05, 0) is 25.0 Å². The molecule has 0 unspecified atom stereocenters. The van der Waals surface area contributed by atoms with Crippen LogP contribution in [0.15, 0.2) is 45.8 Å². The van der Waals surface area contributed by atoms with Crippen molar-refractivity contribution < 1.29 is 23.6 Å². The van der Waals surface area contributed by atoms with Crippen LogP contribution >= 0.6 is 0 Å². The quantitative estimate of drug-likeness (QED) is 0.762. The van der Waals surface area contributed by atoms with Gasteiger partial charge in [0, 0.05) is 25.4 Å². The molecule has 0 atom stereocenters. The van der Waals surface area contributed by atoms with Gasteiger partial charge in [0.15, 0.2) is 11.5 Å². The van der Waals surface area contributed by atoms with E-state index >= 15 is 0 Å². The molecule has 134 valence electrons. The predicted molar refractivity (Wildman–Crippen MR) is 87.6 cm³/mol. The van der Waals surface area contributed by atoms with E-state index < -0.39 is 5.97 Å². The van der Waals surface area contributed by atoms with Gasteiger partial charge in [0.25, 0.3) is 5.91 Å². The van der Waals surface area contributed by atoms with Crippen molar-refractivity contribution >= 4 is 11.9 Å². The third-order valence-corrected chi connectivity index (χ3v) is 4.47. The van der Waals surface area contributed by atoms with Crippen molar-refractivity contribution in [1.29, 1.82) is 0 Å². The maximum Gasteiger partial charge on any atom is 0.338 e. The summed E-state index contributed by atoms with van der Waals surface area (Å²) in [6, 6.07) is 5.10. The number of furan rings is 1. The van der Waals surface area contributed by atoms with Crippen molar-refractivity contribution in [3.63, 3.8) is 0 Å². The van der Waals surface area contributed by atoms with E-state index in [1.165, 1.54) is 18.7 Å². The van der Waals surface area contributed by atoms with Crippen LogP contribution in [0, 0.1) is 0 Å². The zero-order valence-electron chi connectivity index (χ0n) is 13.7. The highest BCUT2D eigenvalue weighted by molar-refractivity contribution is 5.93. The van der Waals surface area contributed by atoms with E-state index in [0.29, 0.717) is 37.5 Å². The molecule has 1 fully saturated rings. The fourth-order valence-corrected chi connectivity index (χ4v) is 3.05. The number of likely N-dealkylation sites (tertiary alicyclic amines) is 1. The van der Waals surface area contributed by atoms with Crippen LogP contribution in [0.25, 0.3) is 11.5 Å². The van der Waals surface area contributed by atoms with Crippen LogP contribution in [0.4, 0.5) is 0 Å². The van der Waals surface area contributed by atoms with E-state index in [9.17, 15) is 9.59 Å². The van der Waals surface area contributed by atoms with Gasteiger partial charge in [0.2, 0.25) is 5.76 Å². The molecule has 1 N–H and O–H groups in total. The van der Waals surface area contributed by atoms with Gasteiger partial charge >= 0.3 is 5.97 Å². The van der Waals surface area contributed by atoms with Gasteiger partial charge in [0.1, 0.15) is 0 Å². The summed E-state index contributed by atoms with van der Waals surface area (Å²) in [5, 5.41) is 16.9. The van der Waals surface area contributed by atoms with Crippen molar-refractivity contribution in [3.05, 3.63) is 48.1 Å². The van der Waals surface area contributed by atoms with Crippen LogP contribution in [0.1, 0.15) is 39.7 Å². The van der Waals surface area contributed by atoms with Crippen LogP contribution < -0.4 is 0 Å². The Labute approximate surface area is 147 Å². The molecule has 26 heavy (non-hydrogen) atoms. The topological polar surface area (TPSA) is 115 Å². The molecule has 3 aromatic heterocycles. The Morgan fingerprint density at radius 1 is 1.23 bits per heavy atom. The molecule has 1 aliphatic heterocycles. The van der Waals surface area contributed by atoms with E-state index in [4.69, 9.17) is 14.0 Å². The first kappa shape index (κ1) is 16.1. The normalized spacial score (nSPS) is 15.3. The number of carboxylic acid groups (broad SMARTS) is 1. The number of hydrogen-bond donors (Lipinski definition) is 1. The molecule has 0 saturated carbocycles. The number of hydrogen-bond acceptors (Lipinski definition) is 6. The molecule has 0 spiro atoms. The van der Waals surface area contributed by atoms with E-state index in [0.717, 1.165) is 0 Å². The van der Waals surface area contributed by atoms with Crippen LogP contribution in [0.3, 0.4) is 0 Å². The zero-order valence-corrected chi connectivity index (χ0v) is 13.7. The smallest absolute Gasteiger partial charge is 0.338 e. The van der Waals surface area contributed by atoms with Crippen molar-refractivity contribution in [2.24, 2.45) is 0 Å². The Kier molecular flexibility index (Phi) is 4.04. The highest BCUT2D eigenvalue weighted by Crippen LogP contribution is 2.25. The summed E-state index contributed by atoms with van der Waals surface area (Å²) in [6.07, 6.45) is 5.77. The summed E-state index contributed by atoms with van der Waals surface area (Å²) in [6.45, 7) is 1.07. The maximum atomic E-state index is 12.6. The third-order valence-electron chi connectivity index (χ3n) is 4.47. The number of aromatic carboxylic acids is 1. The van der Waals surface area contributed by atoms with E-state index in [2.05, 4.69) is 10.3 Å². The molecule has 0 radical (unpaired) electrons. The Morgan fingerprint density at radius 3 is 2.69 bits per heavy atom. The third kappa shape index (κ3) is 2.99. The first-order valence-electron chi connectivity index (χ1n) is 8.19. The fourth-order valence-electron chi connectivity index (χ4n) is 3.05. The highest BCUT2D eigenvalue weighted by atomic mass is 16.5. The fraction of sp³-hybridized carbons (Fsp3) is 0.294. The Hall–Kier alpha value is -3.36. The number of carbonyl (C=O) groups excluding carboxylic acids is 1. The SMILES string of the molecule is O=C(O)c1cnn(C2CCN(C(=O)c3cc(-c4ccco4)on3)CC2)c1. The van der Waals surface area contributed by atoms with E-state index in [1.54, 1.807) is 27.8 Å². The molecule has 4 rings (SSSR count). The van der Waals surface area contributed by atoms with Gasteiger partial charge in [-0.15, -0.1) is 0 Å². The van der Waals surface area contributed by atoms with Crippen LogP contribution in [-0.4, -0.2) is 49.9 Å². The molecule has 0 aliphatic carbocycles. The number of carbonyl (C=O) groups is 2. The summed E-state index contributed by atoms with van der Waals surface area (Å²) in [4.78, 5) is 25.3. The molecular formula is C17H16N4O5. The number of piperidine rings is 1. The van der Waals surface area contributed by atoms with Crippen molar-refractivity contribution in [2.45, 2.75) is 18.9 Å². The minimum absolute atomic E-state index is 0.0724. The van der Waals surface area contributed by atoms with Gasteiger partial charge in [-0.1, -0.05) is 5.16 Å². The monoisotopic (exact) mass is 356 g/mol. The summed E-state index contributed by atoms with van der Waals surface area (Å²) in [7, 11) is 0. The number of nitrogens with zero attached hydrogens (tertiary/aromatic N) is 4. The summed E-state index contributed by atoms with van der Waals surface area (Å²) >= 11 is 0. The molecular weight excluding hydrogens is 340 g/mol. The molecule has 1 aliphatic rings. The van der Waals surface area contributed by atoms with Crippen molar-refractivity contribution in [1.82, 2.24) is 19.8 Å². The van der Waals surface area contributed by atoms with Gasteiger partial charge < -0.3 is 18.9 Å². The van der Waals surface area contributed by atoms with Gasteiger partial charge in [-0.2, -0.15) is 5.10 Å². The van der Waals surface area contributed by atoms with Crippen molar-refractivity contribution in [2.75, 3.05) is 13.1 Å². The molecule has 3 aromatic rings. The first-order valence-corrected chi connectivity index (χ1v) is 8.19. The average molecular weight is 356 g/mol. The standard InChI is InChI=1S/C17H16N4O5/c22-16(13-8-15(26-19-13)14-2-1-7-25-14)20-5-3-12(4-6-20)21-10-11(9-18-21)17(23)24/h1-2,7-10,12H,3-6H2,(H,23,24). The van der Waals surface area contributed by atoms with Crippen LogP contribution in [0.5, 0.6) is 0 Å². The van der Waals surface area contributed by atoms with Crippen molar-refractivity contribution in [3.8, 4) is 11.5 Å². The molecule has 1 saturated heterocycles. The lowest BCUT2D eigenvalue weighted by atomic mass is 10.0. The number of rotatable bonds is 4. The second-order valence-corrected chi connectivity index (χ2v) is 6.09. The molecule has 4 heterocycles. The summed E-state index contributed by atoms with van der Waals surface area (Å²) in [5.41, 5.74) is 0.402. The maximum absolute atomic E-state index is 12.6. The number of carboxylic acids is 1. The number of aromatic nitrogens is 3. The molecule has 1 amide bonds. The van der Waals surface area contributed by atoms with Gasteiger partial charge in [0.05, 0.1) is 24.1 Å². The minimum atomic E-state index is -0.998. The lowest BCUT2D eigenvalue weighted by molar-refractivity contribution is 0.0678.